The minimum Gasteiger partial charge on any atom is -0.496 e. The summed E-state index contributed by atoms with van der Waals surface area (Å²) in [6.07, 6.45) is 3.36. The van der Waals surface area contributed by atoms with Gasteiger partial charge in [0.1, 0.15) is 17.3 Å². The number of methoxy groups -OCH3 is 1. The van der Waals surface area contributed by atoms with E-state index in [-0.39, 0.29) is 17.3 Å². The van der Waals surface area contributed by atoms with Crippen molar-refractivity contribution in [2.75, 3.05) is 7.11 Å². The Morgan fingerprint density at radius 1 is 1.05 bits per heavy atom. The van der Waals surface area contributed by atoms with E-state index in [9.17, 15) is 14.9 Å². The fourth-order valence-electron chi connectivity index (χ4n) is 5.68. The van der Waals surface area contributed by atoms with Crippen molar-refractivity contribution in [3.05, 3.63) is 143 Å². The number of benzene rings is 3. The molecule has 0 unspecified atom stereocenters. The van der Waals surface area contributed by atoms with Crippen molar-refractivity contribution in [1.82, 2.24) is 4.57 Å². The molecule has 0 spiro atoms. The molecule has 41 heavy (non-hydrogen) atoms. The zero-order valence-electron chi connectivity index (χ0n) is 21.9. The molecule has 3 heterocycles. The number of nitro groups is 1. The van der Waals surface area contributed by atoms with Crippen LogP contribution < -0.4 is 19.6 Å². The van der Waals surface area contributed by atoms with E-state index >= 15 is 0 Å². The monoisotopic (exact) mass is 561 g/mol. The Balaban J connectivity index is 1.39. The molecule has 2 aliphatic rings. The second-order valence-electron chi connectivity index (χ2n) is 9.87. The van der Waals surface area contributed by atoms with E-state index in [1.54, 1.807) is 42.0 Å². The molecule has 0 fully saturated rings. The maximum Gasteiger partial charge on any atom is 0.271 e. The minimum absolute atomic E-state index is 0.0179. The van der Waals surface area contributed by atoms with E-state index in [1.165, 1.54) is 29.0 Å². The van der Waals surface area contributed by atoms with E-state index in [4.69, 9.17) is 14.1 Å². The van der Waals surface area contributed by atoms with Gasteiger partial charge in [0.15, 0.2) is 4.80 Å². The molecule has 0 saturated heterocycles. The number of hydrogen-bond acceptors (Lipinski definition) is 7. The number of nitro benzene ring substituents is 1. The van der Waals surface area contributed by atoms with Crippen LogP contribution in [0.4, 0.5) is 5.69 Å². The van der Waals surface area contributed by atoms with Crippen LogP contribution in [0, 0.1) is 10.1 Å². The zero-order chi connectivity index (χ0) is 28.1. The lowest BCUT2D eigenvalue weighted by molar-refractivity contribution is -0.384. The van der Waals surface area contributed by atoms with Gasteiger partial charge in [-0.25, -0.2) is 4.99 Å². The molecule has 8 nitrogen and oxygen atoms in total. The van der Waals surface area contributed by atoms with Gasteiger partial charge in [-0.2, -0.15) is 0 Å². The molecule has 0 amide bonds. The number of thiazole rings is 1. The van der Waals surface area contributed by atoms with Crippen LogP contribution in [0.1, 0.15) is 34.9 Å². The van der Waals surface area contributed by atoms with E-state index in [1.807, 2.05) is 36.4 Å². The Morgan fingerprint density at radius 2 is 1.88 bits per heavy atom. The Kier molecular flexibility index (Phi) is 6.01. The van der Waals surface area contributed by atoms with Gasteiger partial charge in [-0.05, 0) is 42.2 Å². The summed E-state index contributed by atoms with van der Waals surface area (Å²) in [6.45, 7) is 0. The Labute approximate surface area is 238 Å². The first-order valence-electron chi connectivity index (χ1n) is 13.1. The summed E-state index contributed by atoms with van der Waals surface area (Å²) in [5.74, 6) is 1.67. The summed E-state index contributed by atoms with van der Waals surface area (Å²) < 4.78 is 14.0. The molecule has 1 aliphatic carbocycles. The van der Waals surface area contributed by atoms with E-state index in [2.05, 4.69) is 12.1 Å². The fraction of sp³-hybridized carbons (Fsp3) is 0.125. The average Bonchev–Trinajstić information content (AvgIpc) is 3.60. The van der Waals surface area contributed by atoms with Crippen LogP contribution in [0.5, 0.6) is 5.75 Å². The first-order chi connectivity index (χ1) is 20.0. The van der Waals surface area contributed by atoms with Crippen LogP contribution in [-0.4, -0.2) is 16.6 Å². The van der Waals surface area contributed by atoms with Crippen molar-refractivity contribution in [2.45, 2.75) is 18.9 Å². The number of ether oxygens (including phenoxy) is 1. The number of non-ortho nitro benzene ring substituents is 1. The Morgan fingerprint density at radius 3 is 2.73 bits per heavy atom. The number of rotatable bonds is 5. The highest BCUT2D eigenvalue weighted by atomic mass is 32.1. The number of fused-ring (bicyclic) bond motifs is 3. The number of allylic oxidation sites excluding steroid dienone is 1. The number of aromatic nitrogens is 1. The normalized spacial score (nSPS) is 16.0. The maximum absolute atomic E-state index is 14.0. The number of para-hydroxylation sites is 1. The predicted octanol–water partition coefficient (Wildman–Crippen LogP) is 5.50. The smallest absolute Gasteiger partial charge is 0.271 e. The van der Waals surface area contributed by atoms with Crippen molar-refractivity contribution in [2.24, 2.45) is 4.99 Å². The van der Waals surface area contributed by atoms with Crippen LogP contribution in [0.3, 0.4) is 0 Å². The third kappa shape index (κ3) is 4.22. The molecule has 0 bridgehead atoms. The molecule has 5 aromatic rings. The van der Waals surface area contributed by atoms with Crippen molar-refractivity contribution in [1.29, 1.82) is 0 Å². The van der Waals surface area contributed by atoms with Crippen molar-refractivity contribution in [3.63, 3.8) is 0 Å². The van der Waals surface area contributed by atoms with Crippen LogP contribution in [0.2, 0.25) is 0 Å². The quantitative estimate of drug-likeness (QED) is 0.209. The number of nitrogens with zero attached hydrogens (tertiary/aromatic N) is 3. The summed E-state index contributed by atoms with van der Waals surface area (Å²) in [4.78, 5) is 30.4. The third-order valence-corrected chi connectivity index (χ3v) is 8.53. The lowest BCUT2D eigenvalue weighted by Crippen LogP contribution is -2.38. The zero-order valence-corrected chi connectivity index (χ0v) is 22.8. The molecule has 7 rings (SSSR count). The molecule has 0 radical (unpaired) electrons. The molecule has 0 N–H and O–H groups in total. The van der Waals surface area contributed by atoms with Crippen molar-refractivity contribution in [3.8, 4) is 17.1 Å². The summed E-state index contributed by atoms with van der Waals surface area (Å²) in [7, 11) is 1.64. The van der Waals surface area contributed by atoms with Gasteiger partial charge in [0, 0.05) is 34.9 Å². The predicted molar refractivity (Wildman–Crippen MR) is 157 cm³/mol. The van der Waals surface area contributed by atoms with Gasteiger partial charge in [0.25, 0.3) is 11.2 Å². The van der Waals surface area contributed by atoms with Gasteiger partial charge in [-0.1, -0.05) is 65.9 Å². The van der Waals surface area contributed by atoms with Crippen LogP contribution >= 0.6 is 11.3 Å². The largest absolute Gasteiger partial charge is 0.496 e. The van der Waals surface area contributed by atoms with E-state index in [0.717, 1.165) is 35.2 Å². The number of hydrogen-bond donors (Lipinski definition) is 0. The second kappa shape index (κ2) is 9.87. The molecule has 3 aromatic carbocycles. The van der Waals surface area contributed by atoms with Crippen LogP contribution in [0.25, 0.3) is 23.1 Å². The van der Waals surface area contributed by atoms with Gasteiger partial charge in [0.05, 0.1) is 28.3 Å². The highest BCUT2D eigenvalue weighted by Gasteiger charge is 2.34. The SMILES string of the molecule is COc1ccccc1[C@H]1C2=C(N=c3s/c(=C/c4ccc(-c5cccc([N+](=O)[O-])c5)o4)c(=O)n31)c1ccccc1CC2. The summed E-state index contributed by atoms with van der Waals surface area (Å²) in [5, 5.41) is 11.2. The average molecular weight is 562 g/mol. The molecule has 1 atom stereocenters. The summed E-state index contributed by atoms with van der Waals surface area (Å²) >= 11 is 1.31. The van der Waals surface area contributed by atoms with Gasteiger partial charge in [-0.3, -0.25) is 19.5 Å². The topological polar surface area (TPSA) is 99.9 Å². The lowest BCUT2D eigenvalue weighted by atomic mass is 9.83. The van der Waals surface area contributed by atoms with E-state index < -0.39 is 4.92 Å². The maximum atomic E-state index is 14.0. The van der Waals surface area contributed by atoms with Gasteiger partial charge in [0.2, 0.25) is 0 Å². The van der Waals surface area contributed by atoms with Crippen molar-refractivity contribution < 1.29 is 14.1 Å². The third-order valence-electron chi connectivity index (χ3n) is 7.55. The van der Waals surface area contributed by atoms with E-state index in [0.29, 0.717) is 32.2 Å². The van der Waals surface area contributed by atoms with Gasteiger partial charge in [-0.15, -0.1) is 0 Å². The summed E-state index contributed by atoms with van der Waals surface area (Å²) in [6, 6.07) is 25.5. The lowest BCUT2D eigenvalue weighted by Gasteiger charge is -2.31. The molecule has 0 saturated carbocycles. The fourth-order valence-corrected chi connectivity index (χ4v) is 6.66. The van der Waals surface area contributed by atoms with Crippen molar-refractivity contribution >= 4 is 28.8 Å². The molecule has 2 aromatic heterocycles. The Bertz CT molecular complexity index is 2070. The highest BCUT2D eigenvalue weighted by Crippen LogP contribution is 2.43. The van der Waals surface area contributed by atoms with Gasteiger partial charge < -0.3 is 9.15 Å². The first-order valence-corrected chi connectivity index (χ1v) is 13.9. The van der Waals surface area contributed by atoms with Crippen LogP contribution in [0.15, 0.2) is 105 Å². The molecule has 9 heteroatoms. The van der Waals surface area contributed by atoms with Gasteiger partial charge >= 0.3 is 0 Å². The standard InChI is InChI=1S/C32H23N3O5S/c1-39-27-12-5-4-11-24(27)30-25-15-13-19-7-2-3-10-23(19)29(25)33-32-34(30)31(36)28(41-32)18-22-14-16-26(40-22)20-8-6-9-21(17-20)35(37)38/h2-12,14,16-18,30H,13,15H2,1H3/b28-18+/t30-/m0/s1. The number of aryl methyl sites for hydroxylation is 1. The minimum atomic E-state index is -0.440. The molecular formula is C32H23N3O5S. The summed E-state index contributed by atoms with van der Waals surface area (Å²) in [5.41, 5.74) is 5.67. The molecule has 202 valence electrons. The van der Waals surface area contributed by atoms with Crippen LogP contribution in [-0.2, 0) is 6.42 Å². The first kappa shape index (κ1) is 25.0. The number of furan rings is 1. The second-order valence-corrected chi connectivity index (χ2v) is 10.9. The highest BCUT2D eigenvalue weighted by molar-refractivity contribution is 7.07. The molecular weight excluding hydrogens is 538 g/mol. The molecule has 1 aliphatic heterocycles. The Hall–Kier alpha value is -5.02.